The Labute approximate surface area is 107 Å². The first-order valence-electron chi connectivity index (χ1n) is 6.24. The van der Waals surface area contributed by atoms with Crippen LogP contribution in [0.4, 0.5) is 5.82 Å². The molecule has 0 aromatic carbocycles. The summed E-state index contributed by atoms with van der Waals surface area (Å²) < 4.78 is 0. The predicted molar refractivity (Wildman–Crippen MR) is 68.5 cm³/mol. The smallest absolute Gasteiger partial charge is 0.285 e. The van der Waals surface area contributed by atoms with E-state index in [-0.39, 0.29) is 11.6 Å². The lowest BCUT2D eigenvalue weighted by atomic mass is 10.00. The average molecular weight is 249 g/mol. The summed E-state index contributed by atoms with van der Waals surface area (Å²) in [5, 5.41) is 2.00. The molecule has 2 atom stereocenters. The number of carbonyl (C=O) groups excluding carboxylic acids is 1. The Balaban J connectivity index is 2.04. The van der Waals surface area contributed by atoms with Crippen molar-refractivity contribution in [2.75, 3.05) is 5.73 Å². The van der Waals surface area contributed by atoms with E-state index < -0.39 is 0 Å². The fourth-order valence-electron chi connectivity index (χ4n) is 2.27. The monoisotopic (exact) mass is 249 g/mol. The number of aromatic nitrogens is 2. The minimum atomic E-state index is -0.233. The number of nitrogens with one attached hydrogen (secondary N) is 1. The van der Waals surface area contributed by atoms with Crippen LogP contribution in [-0.4, -0.2) is 33.0 Å². The highest BCUT2D eigenvalue weighted by Gasteiger charge is 2.26. The van der Waals surface area contributed by atoms with Gasteiger partial charge >= 0.3 is 0 Å². The van der Waals surface area contributed by atoms with Gasteiger partial charge in [0.15, 0.2) is 0 Å². The fraction of sp³-hybridized carbons (Fsp3) is 0.583. The Morgan fingerprint density at radius 2 is 2.00 bits per heavy atom. The molecule has 0 bridgehead atoms. The maximum atomic E-state index is 12.0. The lowest BCUT2D eigenvalue weighted by Crippen LogP contribution is -2.54. The van der Waals surface area contributed by atoms with Crippen LogP contribution in [0.25, 0.3) is 0 Å². The molecule has 6 nitrogen and oxygen atoms in total. The first kappa shape index (κ1) is 12.8. The molecule has 0 aliphatic carbocycles. The fourth-order valence-corrected chi connectivity index (χ4v) is 2.27. The largest absolute Gasteiger partial charge is 0.382 e. The summed E-state index contributed by atoms with van der Waals surface area (Å²) in [6.07, 6.45) is 6.17. The van der Waals surface area contributed by atoms with Crippen LogP contribution in [0.1, 0.15) is 43.6 Å². The predicted octanol–water partition coefficient (Wildman–Crippen LogP) is 0.966. The van der Waals surface area contributed by atoms with Gasteiger partial charge in [0, 0.05) is 12.1 Å². The van der Waals surface area contributed by atoms with Crippen molar-refractivity contribution in [2.24, 2.45) is 0 Å². The van der Waals surface area contributed by atoms with E-state index in [9.17, 15) is 4.79 Å². The van der Waals surface area contributed by atoms with Gasteiger partial charge in [0.25, 0.3) is 5.91 Å². The van der Waals surface area contributed by atoms with Gasteiger partial charge < -0.3 is 5.73 Å². The van der Waals surface area contributed by atoms with Crippen molar-refractivity contribution in [3.63, 3.8) is 0 Å². The summed E-state index contributed by atoms with van der Waals surface area (Å²) in [5.74, 6) is 0.0781. The van der Waals surface area contributed by atoms with E-state index in [1.165, 1.54) is 18.8 Å². The zero-order chi connectivity index (χ0) is 13.1. The van der Waals surface area contributed by atoms with E-state index in [4.69, 9.17) is 5.73 Å². The molecule has 1 amide bonds. The lowest BCUT2D eigenvalue weighted by molar-refractivity contribution is 0.0366. The van der Waals surface area contributed by atoms with E-state index in [2.05, 4.69) is 29.2 Å². The van der Waals surface area contributed by atoms with Crippen LogP contribution >= 0.6 is 0 Å². The lowest BCUT2D eigenvalue weighted by Gasteiger charge is -2.38. The van der Waals surface area contributed by atoms with E-state index in [1.54, 1.807) is 0 Å². The molecular formula is C12H19N5O. The van der Waals surface area contributed by atoms with E-state index in [0.717, 1.165) is 12.8 Å². The van der Waals surface area contributed by atoms with Crippen molar-refractivity contribution in [1.29, 1.82) is 0 Å². The highest BCUT2D eigenvalue weighted by Crippen LogP contribution is 2.20. The van der Waals surface area contributed by atoms with Gasteiger partial charge in [-0.3, -0.25) is 10.2 Å². The Hall–Kier alpha value is -1.69. The van der Waals surface area contributed by atoms with Crippen LogP contribution in [0, 0.1) is 0 Å². The molecule has 2 heterocycles. The van der Waals surface area contributed by atoms with Crippen LogP contribution in [0.2, 0.25) is 0 Å². The van der Waals surface area contributed by atoms with Crippen molar-refractivity contribution in [2.45, 2.75) is 45.2 Å². The molecule has 2 unspecified atom stereocenters. The number of amides is 1. The van der Waals surface area contributed by atoms with Crippen molar-refractivity contribution < 1.29 is 4.79 Å². The number of piperidine rings is 1. The molecule has 0 saturated carbocycles. The number of nitrogens with two attached hydrogens (primary N) is 1. The number of anilines is 1. The Morgan fingerprint density at radius 3 is 2.56 bits per heavy atom. The molecule has 3 N–H and O–H groups in total. The quantitative estimate of drug-likeness (QED) is 0.815. The molecule has 18 heavy (non-hydrogen) atoms. The molecule has 0 radical (unpaired) electrons. The number of hydrazine groups is 1. The SMILES string of the molecule is CC1CCCC(C)N1NC(=O)c1cnc(N)cn1. The minimum Gasteiger partial charge on any atom is -0.382 e. The van der Waals surface area contributed by atoms with Gasteiger partial charge in [-0.15, -0.1) is 0 Å². The maximum absolute atomic E-state index is 12.0. The van der Waals surface area contributed by atoms with Crippen LogP contribution < -0.4 is 11.2 Å². The minimum absolute atomic E-state index is 0.233. The Bertz CT molecular complexity index is 409. The van der Waals surface area contributed by atoms with Crippen LogP contribution in [0.3, 0.4) is 0 Å². The second-order valence-electron chi connectivity index (χ2n) is 4.80. The molecule has 0 spiro atoms. The van der Waals surface area contributed by atoms with Gasteiger partial charge in [-0.25, -0.2) is 15.0 Å². The van der Waals surface area contributed by atoms with Gasteiger partial charge in [0.05, 0.1) is 12.4 Å². The summed E-state index contributed by atoms with van der Waals surface area (Å²) >= 11 is 0. The average Bonchev–Trinajstić information content (AvgIpc) is 2.34. The zero-order valence-electron chi connectivity index (χ0n) is 10.8. The third kappa shape index (κ3) is 2.76. The zero-order valence-corrected chi connectivity index (χ0v) is 10.8. The number of rotatable bonds is 2. The molecule has 1 fully saturated rings. The molecule has 2 rings (SSSR count). The Kier molecular flexibility index (Phi) is 3.76. The topological polar surface area (TPSA) is 84.1 Å². The third-order valence-electron chi connectivity index (χ3n) is 3.33. The first-order valence-corrected chi connectivity index (χ1v) is 6.24. The number of nitrogens with zero attached hydrogens (tertiary/aromatic N) is 3. The summed E-state index contributed by atoms with van der Waals surface area (Å²) in [6.45, 7) is 4.23. The van der Waals surface area contributed by atoms with E-state index >= 15 is 0 Å². The van der Waals surface area contributed by atoms with Gasteiger partial charge in [-0.05, 0) is 26.7 Å². The molecule has 1 aliphatic rings. The van der Waals surface area contributed by atoms with Gasteiger partial charge in [0.1, 0.15) is 11.5 Å². The number of hydrogen-bond acceptors (Lipinski definition) is 5. The summed E-state index contributed by atoms with van der Waals surface area (Å²) in [7, 11) is 0. The summed E-state index contributed by atoms with van der Waals surface area (Å²) in [4.78, 5) is 19.9. The number of hydrogen-bond donors (Lipinski definition) is 2. The second-order valence-corrected chi connectivity index (χ2v) is 4.80. The van der Waals surface area contributed by atoms with Gasteiger partial charge in [-0.1, -0.05) is 6.42 Å². The maximum Gasteiger partial charge on any atom is 0.285 e. The first-order chi connectivity index (χ1) is 8.58. The molecule has 1 aliphatic heterocycles. The van der Waals surface area contributed by atoms with Crippen molar-refractivity contribution in [1.82, 2.24) is 20.4 Å². The van der Waals surface area contributed by atoms with Crippen molar-refractivity contribution in [3.05, 3.63) is 18.1 Å². The van der Waals surface area contributed by atoms with Gasteiger partial charge in [0.2, 0.25) is 0 Å². The number of nitrogen functional groups attached to an aromatic ring is 1. The highest BCUT2D eigenvalue weighted by molar-refractivity contribution is 5.91. The Morgan fingerprint density at radius 1 is 1.33 bits per heavy atom. The van der Waals surface area contributed by atoms with Crippen LogP contribution in [-0.2, 0) is 0 Å². The van der Waals surface area contributed by atoms with Crippen molar-refractivity contribution in [3.8, 4) is 0 Å². The molecule has 1 aromatic heterocycles. The van der Waals surface area contributed by atoms with Crippen LogP contribution in [0.5, 0.6) is 0 Å². The standard InChI is InChI=1S/C12H19N5O/c1-8-4-3-5-9(2)17(8)16-12(18)10-6-15-11(13)7-14-10/h6-9H,3-5H2,1-2H3,(H2,13,15)(H,16,18). The molecule has 98 valence electrons. The van der Waals surface area contributed by atoms with Crippen molar-refractivity contribution >= 4 is 11.7 Å². The van der Waals surface area contributed by atoms with E-state index in [1.807, 2.05) is 5.01 Å². The summed E-state index contributed by atoms with van der Waals surface area (Å²) in [6, 6.07) is 0.693. The van der Waals surface area contributed by atoms with Crippen LogP contribution in [0.15, 0.2) is 12.4 Å². The van der Waals surface area contributed by atoms with E-state index in [0.29, 0.717) is 17.9 Å². The number of carbonyl (C=O) groups is 1. The second kappa shape index (κ2) is 5.30. The third-order valence-corrected chi connectivity index (χ3v) is 3.33. The highest BCUT2D eigenvalue weighted by atomic mass is 16.2. The summed E-state index contributed by atoms with van der Waals surface area (Å²) in [5.41, 5.74) is 8.63. The molecule has 6 heteroatoms. The molecule has 1 aromatic rings. The van der Waals surface area contributed by atoms with Gasteiger partial charge in [-0.2, -0.15) is 0 Å². The molecule has 1 saturated heterocycles. The normalized spacial score (nSPS) is 24.8. The molecular weight excluding hydrogens is 230 g/mol.